The first kappa shape index (κ1) is 21.3. The van der Waals surface area contributed by atoms with Gasteiger partial charge in [-0.25, -0.2) is 10.4 Å². The Bertz CT molecular complexity index is 1190. The molecule has 1 amide bonds. The highest BCUT2D eigenvalue weighted by atomic mass is 19.4. The average Bonchev–Trinajstić information content (AvgIpc) is 3.27. The van der Waals surface area contributed by atoms with Crippen LogP contribution >= 0.6 is 0 Å². The molecule has 3 aliphatic heterocycles. The SMILES string of the molecule is COC1=CC=C(c2ccc3c(c2)CCN(Cc2ccccc2)C3=O)C2=CC(C(F)(F)F)NN12. The molecule has 0 saturated carbocycles. The van der Waals surface area contributed by atoms with Gasteiger partial charge in [0, 0.05) is 30.3 Å². The highest BCUT2D eigenvalue weighted by molar-refractivity contribution is 5.97. The average molecular weight is 453 g/mol. The predicted octanol–water partition coefficient (Wildman–Crippen LogP) is 4.40. The highest BCUT2D eigenvalue weighted by Gasteiger charge is 2.45. The summed E-state index contributed by atoms with van der Waals surface area (Å²) in [5.41, 5.74) is 6.82. The quantitative estimate of drug-likeness (QED) is 0.745. The lowest BCUT2D eigenvalue weighted by molar-refractivity contribution is -0.149. The van der Waals surface area contributed by atoms with E-state index in [0.717, 1.165) is 22.8 Å². The van der Waals surface area contributed by atoms with Crippen LogP contribution in [0.1, 0.15) is 27.0 Å². The van der Waals surface area contributed by atoms with Gasteiger partial charge in [0.25, 0.3) is 5.91 Å². The first-order chi connectivity index (χ1) is 15.8. The third-order valence-corrected chi connectivity index (χ3v) is 6.09. The van der Waals surface area contributed by atoms with Crippen LogP contribution in [0.15, 0.2) is 78.3 Å². The molecule has 1 N–H and O–H groups in total. The second kappa shape index (κ2) is 8.12. The Morgan fingerprint density at radius 1 is 1.12 bits per heavy atom. The normalized spacial score (nSPS) is 20.1. The third-order valence-electron chi connectivity index (χ3n) is 6.09. The van der Waals surface area contributed by atoms with Crippen LogP contribution in [-0.4, -0.2) is 41.7 Å². The Balaban J connectivity index is 1.44. The maximum Gasteiger partial charge on any atom is 0.409 e. The van der Waals surface area contributed by atoms with Gasteiger partial charge in [-0.1, -0.05) is 42.5 Å². The fraction of sp³-hybridized carbons (Fsp3) is 0.240. The lowest BCUT2D eigenvalue weighted by Crippen LogP contribution is -2.44. The van der Waals surface area contributed by atoms with Crippen molar-refractivity contribution >= 4 is 11.5 Å². The summed E-state index contributed by atoms with van der Waals surface area (Å²) in [6.07, 6.45) is 0.781. The number of hydrazine groups is 1. The Hall–Kier alpha value is -3.52. The number of amides is 1. The van der Waals surface area contributed by atoms with Crippen molar-refractivity contribution in [3.8, 4) is 0 Å². The molecule has 0 bridgehead atoms. The number of hydrogen-bond donors (Lipinski definition) is 1. The molecule has 1 atom stereocenters. The molecule has 0 saturated heterocycles. The van der Waals surface area contributed by atoms with E-state index in [4.69, 9.17) is 4.74 Å². The van der Waals surface area contributed by atoms with Gasteiger partial charge in [-0.2, -0.15) is 13.2 Å². The number of nitrogens with one attached hydrogen (secondary N) is 1. The van der Waals surface area contributed by atoms with Crippen LogP contribution in [0.2, 0.25) is 0 Å². The molecule has 5 rings (SSSR count). The van der Waals surface area contributed by atoms with Crippen LogP contribution in [0, 0.1) is 0 Å². The smallest absolute Gasteiger partial charge is 0.409 e. The van der Waals surface area contributed by atoms with E-state index in [1.54, 1.807) is 24.3 Å². The van der Waals surface area contributed by atoms with E-state index in [0.29, 0.717) is 36.3 Å². The molecule has 5 nitrogen and oxygen atoms in total. The molecular weight excluding hydrogens is 431 g/mol. The van der Waals surface area contributed by atoms with Gasteiger partial charge in [-0.15, -0.1) is 0 Å². The summed E-state index contributed by atoms with van der Waals surface area (Å²) < 4.78 is 45.3. The molecule has 0 radical (unpaired) electrons. The summed E-state index contributed by atoms with van der Waals surface area (Å²) in [5.74, 6) is 0.243. The first-order valence-corrected chi connectivity index (χ1v) is 10.6. The topological polar surface area (TPSA) is 44.8 Å². The standard InChI is InChI=1S/C25H22F3N3O2/c1-33-23-10-9-19(21-14-22(25(26,27)28)29-31(21)23)17-7-8-20-18(13-17)11-12-30(24(20)32)15-16-5-3-2-4-6-16/h2-10,13-14,22,29H,11-12,15H2,1H3. The van der Waals surface area contributed by atoms with Crippen LogP contribution in [-0.2, 0) is 17.7 Å². The molecule has 3 heterocycles. The molecular formula is C25H22F3N3O2. The van der Waals surface area contributed by atoms with Crippen LogP contribution in [0.5, 0.6) is 0 Å². The maximum absolute atomic E-state index is 13.4. The van der Waals surface area contributed by atoms with Crippen molar-refractivity contribution in [3.05, 3.63) is 101 Å². The number of ether oxygens (including phenoxy) is 1. The molecule has 33 heavy (non-hydrogen) atoms. The summed E-state index contributed by atoms with van der Waals surface area (Å²) in [6.45, 7) is 1.13. The van der Waals surface area contributed by atoms with Gasteiger partial charge in [-0.05, 0) is 41.3 Å². The zero-order valence-electron chi connectivity index (χ0n) is 17.9. The van der Waals surface area contributed by atoms with Crippen LogP contribution in [0.4, 0.5) is 13.2 Å². The molecule has 0 aromatic heterocycles. The number of hydrogen-bond acceptors (Lipinski definition) is 4. The van der Waals surface area contributed by atoms with Crippen molar-refractivity contribution in [2.45, 2.75) is 25.2 Å². The Labute approximate surface area is 189 Å². The Morgan fingerprint density at radius 3 is 2.64 bits per heavy atom. The molecule has 3 aliphatic rings. The lowest BCUT2D eigenvalue weighted by atomic mass is 9.91. The number of carbonyl (C=O) groups excluding carboxylic acids is 1. The predicted molar refractivity (Wildman–Crippen MR) is 117 cm³/mol. The molecule has 1 unspecified atom stereocenters. The number of halogens is 3. The summed E-state index contributed by atoms with van der Waals surface area (Å²) >= 11 is 0. The summed E-state index contributed by atoms with van der Waals surface area (Å²) in [7, 11) is 1.41. The molecule has 0 fully saturated rings. The van der Waals surface area contributed by atoms with E-state index in [-0.39, 0.29) is 11.8 Å². The van der Waals surface area contributed by atoms with E-state index >= 15 is 0 Å². The largest absolute Gasteiger partial charge is 0.481 e. The second-order valence-electron chi connectivity index (χ2n) is 8.16. The van der Waals surface area contributed by atoms with Gasteiger partial charge < -0.3 is 9.64 Å². The Morgan fingerprint density at radius 2 is 1.91 bits per heavy atom. The number of methoxy groups -OCH3 is 1. The number of allylic oxidation sites excluding steroid dienone is 3. The van der Waals surface area contributed by atoms with E-state index in [1.807, 2.05) is 41.3 Å². The number of fused-ring (bicyclic) bond motifs is 2. The number of rotatable bonds is 4. The van der Waals surface area contributed by atoms with Crippen molar-refractivity contribution in [2.24, 2.45) is 0 Å². The maximum atomic E-state index is 13.4. The number of carbonyl (C=O) groups is 1. The fourth-order valence-corrected chi connectivity index (χ4v) is 4.42. The monoisotopic (exact) mass is 453 g/mol. The van der Waals surface area contributed by atoms with Crippen LogP contribution in [0.25, 0.3) is 5.57 Å². The third kappa shape index (κ3) is 3.91. The van der Waals surface area contributed by atoms with Gasteiger partial charge in [0.2, 0.25) is 5.88 Å². The van der Waals surface area contributed by atoms with Gasteiger partial charge in [-0.3, -0.25) is 4.79 Å². The molecule has 2 aromatic rings. The zero-order valence-corrected chi connectivity index (χ0v) is 17.9. The van der Waals surface area contributed by atoms with Crippen molar-refractivity contribution in [3.63, 3.8) is 0 Å². The molecule has 0 spiro atoms. The van der Waals surface area contributed by atoms with Gasteiger partial charge >= 0.3 is 6.18 Å². The zero-order chi connectivity index (χ0) is 23.2. The van der Waals surface area contributed by atoms with Gasteiger partial charge in [0.1, 0.15) is 6.04 Å². The van der Waals surface area contributed by atoms with Crippen molar-refractivity contribution in [1.29, 1.82) is 0 Å². The van der Waals surface area contributed by atoms with Crippen LogP contribution in [0.3, 0.4) is 0 Å². The minimum atomic E-state index is -4.43. The molecule has 170 valence electrons. The molecule has 8 heteroatoms. The van der Waals surface area contributed by atoms with E-state index < -0.39 is 12.2 Å². The van der Waals surface area contributed by atoms with Crippen molar-refractivity contribution < 1.29 is 22.7 Å². The minimum Gasteiger partial charge on any atom is -0.481 e. The van der Waals surface area contributed by atoms with Crippen molar-refractivity contribution in [1.82, 2.24) is 15.3 Å². The number of benzene rings is 2. The van der Waals surface area contributed by atoms with Gasteiger partial charge in [0.05, 0.1) is 12.8 Å². The highest BCUT2D eigenvalue weighted by Crippen LogP contribution is 2.39. The molecule has 0 aliphatic carbocycles. The first-order valence-electron chi connectivity index (χ1n) is 10.6. The Kier molecular flexibility index (Phi) is 5.25. The fourth-order valence-electron chi connectivity index (χ4n) is 4.42. The molecule has 2 aromatic carbocycles. The summed E-state index contributed by atoms with van der Waals surface area (Å²) in [5, 5.41) is 1.32. The van der Waals surface area contributed by atoms with E-state index in [1.165, 1.54) is 12.1 Å². The second-order valence-corrected chi connectivity index (χ2v) is 8.16. The number of alkyl halides is 3. The van der Waals surface area contributed by atoms with Crippen molar-refractivity contribution in [2.75, 3.05) is 13.7 Å². The van der Waals surface area contributed by atoms with E-state index in [2.05, 4.69) is 5.43 Å². The van der Waals surface area contributed by atoms with E-state index in [9.17, 15) is 18.0 Å². The summed E-state index contributed by atoms with van der Waals surface area (Å²) in [6, 6.07) is 13.5. The number of nitrogens with zero attached hydrogens (tertiary/aromatic N) is 2. The summed E-state index contributed by atoms with van der Waals surface area (Å²) in [4.78, 5) is 14.9. The lowest BCUT2D eigenvalue weighted by Gasteiger charge is -2.31. The van der Waals surface area contributed by atoms with Gasteiger partial charge in [0.15, 0.2) is 0 Å². The van der Waals surface area contributed by atoms with Crippen LogP contribution < -0.4 is 5.43 Å². The minimum absolute atomic E-state index is 0.0358.